The number of hydrogen-bond acceptors (Lipinski definition) is 2. The smallest absolute Gasteiger partial charge is 0.337 e. The van der Waals surface area contributed by atoms with Crippen molar-refractivity contribution < 1.29 is 9.90 Å². The predicted molar refractivity (Wildman–Crippen MR) is 66.3 cm³/mol. The summed E-state index contributed by atoms with van der Waals surface area (Å²) < 4.78 is 1.68. The molecule has 0 amide bonds. The van der Waals surface area contributed by atoms with Gasteiger partial charge in [-0.1, -0.05) is 30.3 Å². The molecule has 0 bridgehead atoms. The van der Waals surface area contributed by atoms with Crippen LogP contribution in [0, 0.1) is 11.3 Å². The van der Waals surface area contributed by atoms with Gasteiger partial charge in [0.05, 0.1) is 11.6 Å². The highest BCUT2D eigenvalue weighted by Crippen LogP contribution is 2.16. The van der Waals surface area contributed by atoms with Crippen LogP contribution in [0.4, 0.5) is 0 Å². The standard InChI is InChI=1S/C14H12N2O2/c15-7-9-16-8-6-12(14(17)18)13(16)10-11-4-2-1-3-5-11/h1-6,8H,9-10H2,(H,17,18). The molecule has 0 radical (unpaired) electrons. The lowest BCUT2D eigenvalue weighted by Crippen LogP contribution is -2.07. The van der Waals surface area contributed by atoms with Gasteiger partial charge in [0.15, 0.2) is 0 Å². The number of nitrogens with zero attached hydrogens (tertiary/aromatic N) is 2. The van der Waals surface area contributed by atoms with Crippen LogP contribution in [0.2, 0.25) is 0 Å². The molecule has 0 aliphatic heterocycles. The summed E-state index contributed by atoms with van der Waals surface area (Å²) in [6.45, 7) is 0.162. The van der Waals surface area contributed by atoms with E-state index in [0.717, 1.165) is 5.56 Å². The van der Waals surface area contributed by atoms with Crippen LogP contribution in [0.25, 0.3) is 0 Å². The second-order valence-corrected chi connectivity index (χ2v) is 3.93. The molecule has 0 aliphatic rings. The topological polar surface area (TPSA) is 66.0 Å². The van der Waals surface area contributed by atoms with Crippen LogP contribution in [-0.4, -0.2) is 15.6 Å². The van der Waals surface area contributed by atoms with Crippen LogP contribution < -0.4 is 0 Å². The summed E-state index contributed by atoms with van der Waals surface area (Å²) >= 11 is 0. The molecule has 4 heteroatoms. The average molecular weight is 240 g/mol. The maximum atomic E-state index is 11.1. The second-order valence-electron chi connectivity index (χ2n) is 3.93. The van der Waals surface area contributed by atoms with Crippen LogP contribution >= 0.6 is 0 Å². The number of hydrogen-bond donors (Lipinski definition) is 1. The van der Waals surface area contributed by atoms with Gasteiger partial charge in [0, 0.05) is 18.3 Å². The molecule has 2 aromatic rings. The summed E-state index contributed by atoms with van der Waals surface area (Å²) in [5.74, 6) is -0.961. The zero-order chi connectivity index (χ0) is 13.0. The molecule has 18 heavy (non-hydrogen) atoms. The zero-order valence-electron chi connectivity index (χ0n) is 9.71. The van der Waals surface area contributed by atoms with Crippen molar-refractivity contribution in [3.63, 3.8) is 0 Å². The van der Waals surface area contributed by atoms with Crippen molar-refractivity contribution in [1.29, 1.82) is 5.26 Å². The SMILES string of the molecule is N#CCn1ccc(C(=O)O)c1Cc1ccccc1. The Balaban J connectivity index is 2.38. The van der Waals surface area contributed by atoms with Gasteiger partial charge in [0.2, 0.25) is 0 Å². The molecule has 0 saturated carbocycles. The van der Waals surface area contributed by atoms with Gasteiger partial charge in [-0.25, -0.2) is 4.79 Å². The molecule has 4 nitrogen and oxygen atoms in total. The molecule has 0 spiro atoms. The summed E-state index contributed by atoms with van der Waals surface area (Å²) in [5, 5.41) is 17.9. The van der Waals surface area contributed by atoms with Crippen LogP contribution in [0.5, 0.6) is 0 Å². The molecule has 90 valence electrons. The maximum absolute atomic E-state index is 11.1. The Morgan fingerprint density at radius 2 is 2.00 bits per heavy atom. The van der Waals surface area contributed by atoms with Crippen LogP contribution in [0.1, 0.15) is 21.6 Å². The highest BCUT2D eigenvalue weighted by Gasteiger charge is 2.15. The Morgan fingerprint density at radius 1 is 1.28 bits per heavy atom. The molecular formula is C14H12N2O2. The van der Waals surface area contributed by atoms with E-state index in [0.29, 0.717) is 12.1 Å². The lowest BCUT2D eigenvalue weighted by Gasteiger charge is -2.07. The number of rotatable bonds is 4. The first-order chi connectivity index (χ1) is 8.72. The lowest BCUT2D eigenvalue weighted by atomic mass is 10.1. The minimum atomic E-state index is -0.961. The number of carboxylic acid groups (broad SMARTS) is 1. The first kappa shape index (κ1) is 11.9. The third-order valence-electron chi connectivity index (χ3n) is 2.76. The molecule has 0 unspecified atom stereocenters. The van der Waals surface area contributed by atoms with E-state index in [-0.39, 0.29) is 12.1 Å². The van der Waals surface area contributed by atoms with Crippen molar-refractivity contribution in [2.45, 2.75) is 13.0 Å². The van der Waals surface area contributed by atoms with E-state index in [1.54, 1.807) is 10.8 Å². The molecule has 1 aromatic carbocycles. The summed E-state index contributed by atoms with van der Waals surface area (Å²) in [5.41, 5.74) is 1.95. The number of carboxylic acids is 1. The zero-order valence-corrected chi connectivity index (χ0v) is 9.71. The molecule has 0 saturated heterocycles. The average Bonchev–Trinajstić information content (AvgIpc) is 2.74. The van der Waals surface area contributed by atoms with Gasteiger partial charge in [0.1, 0.15) is 6.54 Å². The Bertz CT molecular complexity index is 594. The third-order valence-corrected chi connectivity index (χ3v) is 2.76. The van der Waals surface area contributed by atoms with Crippen molar-refractivity contribution in [3.8, 4) is 6.07 Å². The molecule has 1 aromatic heterocycles. The highest BCUT2D eigenvalue weighted by molar-refractivity contribution is 5.89. The highest BCUT2D eigenvalue weighted by atomic mass is 16.4. The fourth-order valence-corrected chi connectivity index (χ4v) is 1.91. The van der Waals surface area contributed by atoms with E-state index in [2.05, 4.69) is 0 Å². The van der Waals surface area contributed by atoms with E-state index in [4.69, 9.17) is 10.4 Å². The summed E-state index contributed by atoms with van der Waals surface area (Å²) in [6, 6.07) is 13.2. The quantitative estimate of drug-likeness (QED) is 0.891. The van der Waals surface area contributed by atoms with Crippen LogP contribution in [0.15, 0.2) is 42.6 Å². The number of nitriles is 1. The molecule has 0 fully saturated rings. The summed E-state index contributed by atoms with van der Waals surface area (Å²) in [7, 11) is 0. The van der Waals surface area contributed by atoms with Gasteiger partial charge in [-0.15, -0.1) is 0 Å². The number of aromatic nitrogens is 1. The molecule has 1 heterocycles. The third kappa shape index (κ3) is 2.41. The van der Waals surface area contributed by atoms with Crippen molar-refractivity contribution in [3.05, 3.63) is 59.4 Å². The normalized spacial score (nSPS) is 9.94. The summed E-state index contributed by atoms with van der Waals surface area (Å²) in [4.78, 5) is 11.1. The van der Waals surface area contributed by atoms with Gasteiger partial charge in [0.25, 0.3) is 0 Å². The van der Waals surface area contributed by atoms with Gasteiger partial charge >= 0.3 is 5.97 Å². The van der Waals surface area contributed by atoms with Gasteiger partial charge < -0.3 is 9.67 Å². The second kappa shape index (κ2) is 5.19. The molecule has 0 aliphatic carbocycles. The Morgan fingerprint density at radius 3 is 2.61 bits per heavy atom. The van der Waals surface area contributed by atoms with Crippen molar-refractivity contribution in [2.75, 3.05) is 0 Å². The number of carbonyl (C=O) groups is 1. The van der Waals surface area contributed by atoms with Gasteiger partial charge in [-0.05, 0) is 11.6 Å². The Labute approximate surface area is 105 Å². The van der Waals surface area contributed by atoms with E-state index >= 15 is 0 Å². The minimum absolute atomic E-state index is 0.162. The number of benzene rings is 1. The van der Waals surface area contributed by atoms with E-state index in [1.165, 1.54) is 6.07 Å². The van der Waals surface area contributed by atoms with Crippen LogP contribution in [-0.2, 0) is 13.0 Å². The van der Waals surface area contributed by atoms with E-state index < -0.39 is 5.97 Å². The minimum Gasteiger partial charge on any atom is -0.478 e. The summed E-state index contributed by atoms with van der Waals surface area (Å²) in [6.07, 6.45) is 2.15. The first-order valence-corrected chi connectivity index (χ1v) is 5.54. The number of aromatic carboxylic acids is 1. The largest absolute Gasteiger partial charge is 0.478 e. The van der Waals surface area contributed by atoms with E-state index in [9.17, 15) is 4.79 Å². The lowest BCUT2D eigenvalue weighted by molar-refractivity contribution is 0.0695. The molecular weight excluding hydrogens is 228 g/mol. The van der Waals surface area contributed by atoms with Crippen molar-refractivity contribution in [1.82, 2.24) is 4.57 Å². The van der Waals surface area contributed by atoms with Gasteiger partial charge in [-0.2, -0.15) is 5.26 Å². The molecule has 0 atom stereocenters. The van der Waals surface area contributed by atoms with Gasteiger partial charge in [-0.3, -0.25) is 0 Å². The predicted octanol–water partition coefficient (Wildman–Crippen LogP) is 2.30. The fourth-order valence-electron chi connectivity index (χ4n) is 1.91. The van der Waals surface area contributed by atoms with Crippen molar-refractivity contribution >= 4 is 5.97 Å². The molecule has 1 N–H and O–H groups in total. The first-order valence-electron chi connectivity index (χ1n) is 5.54. The Kier molecular flexibility index (Phi) is 3.44. The Hall–Kier alpha value is -2.54. The maximum Gasteiger partial charge on any atom is 0.337 e. The van der Waals surface area contributed by atoms with E-state index in [1.807, 2.05) is 36.4 Å². The fraction of sp³-hybridized carbons (Fsp3) is 0.143. The molecule has 2 rings (SSSR count). The van der Waals surface area contributed by atoms with Crippen molar-refractivity contribution in [2.24, 2.45) is 0 Å². The van der Waals surface area contributed by atoms with Crippen LogP contribution in [0.3, 0.4) is 0 Å². The monoisotopic (exact) mass is 240 g/mol.